The number of hydrogen-bond acceptors (Lipinski definition) is 4. The molecule has 0 heterocycles. The van der Waals surface area contributed by atoms with E-state index in [1.165, 1.54) is 24.7 Å². The maximum atomic E-state index is 12.0. The first kappa shape index (κ1) is 22.9. The molecule has 0 radical (unpaired) electrons. The van der Waals surface area contributed by atoms with Crippen LogP contribution in [-0.4, -0.2) is 13.1 Å². The van der Waals surface area contributed by atoms with Gasteiger partial charge in [-0.1, -0.05) is 49.7 Å². The molecular formula is C28H29ClN2O2. The lowest BCUT2D eigenvalue weighted by molar-refractivity contribution is 0.0602. The van der Waals surface area contributed by atoms with Gasteiger partial charge in [-0.25, -0.2) is 4.79 Å². The third-order valence-corrected chi connectivity index (χ3v) is 6.26. The van der Waals surface area contributed by atoms with Gasteiger partial charge < -0.3 is 15.4 Å². The van der Waals surface area contributed by atoms with E-state index in [2.05, 4.69) is 42.7 Å². The van der Waals surface area contributed by atoms with Gasteiger partial charge in [0.15, 0.2) is 0 Å². The van der Waals surface area contributed by atoms with Crippen molar-refractivity contribution < 1.29 is 9.53 Å². The molecule has 3 aromatic carbocycles. The van der Waals surface area contributed by atoms with Crippen LogP contribution in [0.1, 0.15) is 42.6 Å². The molecule has 2 N–H and O–H groups in total. The zero-order chi connectivity index (χ0) is 23.4. The van der Waals surface area contributed by atoms with Gasteiger partial charge >= 0.3 is 5.97 Å². The molecule has 0 fully saturated rings. The van der Waals surface area contributed by atoms with Crippen LogP contribution in [0.5, 0.6) is 0 Å². The van der Waals surface area contributed by atoms with E-state index in [1.54, 1.807) is 6.07 Å². The zero-order valence-corrected chi connectivity index (χ0v) is 19.9. The molecule has 170 valence electrons. The van der Waals surface area contributed by atoms with E-state index in [4.69, 9.17) is 16.3 Å². The number of para-hydroxylation sites is 1. The summed E-state index contributed by atoms with van der Waals surface area (Å²) in [5.41, 5.74) is 6.44. The number of carbonyl (C=O) groups is 1. The van der Waals surface area contributed by atoms with Crippen molar-refractivity contribution in [1.29, 1.82) is 0 Å². The number of methoxy groups -OCH3 is 1. The third-order valence-electron chi connectivity index (χ3n) is 5.94. The van der Waals surface area contributed by atoms with Crippen LogP contribution in [0.4, 0.5) is 22.7 Å². The number of carbonyl (C=O) groups excluding carboxylic acids is 1. The Morgan fingerprint density at radius 3 is 2.24 bits per heavy atom. The first-order valence-corrected chi connectivity index (χ1v) is 11.6. The number of nitrogens with one attached hydrogen (secondary N) is 2. The average Bonchev–Trinajstić information content (AvgIpc) is 2.81. The first-order valence-electron chi connectivity index (χ1n) is 11.2. The summed E-state index contributed by atoms with van der Waals surface area (Å²) in [5, 5.41) is 7.38. The number of anilines is 4. The predicted molar refractivity (Wildman–Crippen MR) is 138 cm³/mol. The Morgan fingerprint density at radius 2 is 1.61 bits per heavy atom. The molecule has 1 aliphatic rings. The summed E-state index contributed by atoms with van der Waals surface area (Å²) in [4.78, 5) is 12.0. The Balaban J connectivity index is 1.46. The van der Waals surface area contributed by atoms with Crippen molar-refractivity contribution in [1.82, 2.24) is 0 Å². The van der Waals surface area contributed by atoms with Crippen LogP contribution in [0.25, 0.3) is 5.57 Å². The van der Waals surface area contributed by atoms with Crippen molar-refractivity contribution in [3.63, 3.8) is 0 Å². The molecule has 0 aromatic heterocycles. The number of ether oxygens (including phenoxy) is 1. The molecule has 4 nitrogen and oxygen atoms in total. The van der Waals surface area contributed by atoms with E-state index in [9.17, 15) is 4.79 Å². The number of rotatable bonds is 6. The summed E-state index contributed by atoms with van der Waals surface area (Å²) in [7, 11) is 1.38. The van der Waals surface area contributed by atoms with Crippen LogP contribution < -0.4 is 10.6 Å². The van der Waals surface area contributed by atoms with Crippen molar-refractivity contribution in [3.8, 4) is 0 Å². The van der Waals surface area contributed by atoms with Gasteiger partial charge in [-0.3, -0.25) is 0 Å². The SMILES string of the molecule is COC(=O)c1ccccc1Nc1ccc(Nc2ccc(C3=CC(C)CC(C)C3)cc2Cl)cc1. The van der Waals surface area contributed by atoms with Gasteiger partial charge in [-0.2, -0.15) is 0 Å². The summed E-state index contributed by atoms with van der Waals surface area (Å²) < 4.78 is 4.86. The minimum Gasteiger partial charge on any atom is -0.465 e. The molecule has 3 aromatic rings. The van der Waals surface area contributed by atoms with Gasteiger partial charge in [0.1, 0.15) is 0 Å². The van der Waals surface area contributed by atoms with Gasteiger partial charge in [0, 0.05) is 11.4 Å². The number of esters is 1. The number of halogens is 1. The highest BCUT2D eigenvalue weighted by Crippen LogP contribution is 2.36. The number of allylic oxidation sites excluding steroid dienone is 2. The molecule has 0 saturated carbocycles. The molecule has 0 spiro atoms. The highest BCUT2D eigenvalue weighted by atomic mass is 35.5. The molecule has 4 rings (SSSR count). The van der Waals surface area contributed by atoms with Crippen molar-refractivity contribution in [2.24, 2.45) is 11.8 Å². The second-order valence-electron chi connectivity index (χ2n) is 8.77. The van der Waals surface area contributed by atoms with Crippen LogP contribution in [0.3, 0.4) is 0 Å². The van der Waals surface area contributed by atoms with Gasteiger partial charge in [-0.05, 0) is 84.3 Å². The first-order chi connectivity index (χ1) is 15.9. The van der Waals surface area contributed by atoms with Crippen LogP contribution in [0.2, 0.25) is 5.02 Å². The van der Waals surface area contributed by atoms with Crippen molar-refractivity contribution >= 4 is 45.9 Å². The lowest BCUT2D eigenvalue weighted by Gasteiger charge is -2.24. The fourth-order valence-corrected chi connectivity index (χ4v) is 4.66. The normalized spacial score (nSPS) is 17.8. The number of hydrogen-bond donors (Lipinski definition) is 2. The van der Waals surface area contributed by atoms with Crippen LogP contribution in [0.15, 0.2) is 72.8 Å². The molecule has 0 saturated heterocycles. The van der Waals surface area contributed by atoms with Crippen molar-refractivity contribution in [3.05, 3.63) is 89.0 Å². The molecule has 0 amide bonds. The standard InChI is InChI=1S/C28H29ClN2O2/c1-18-14-19(2)16-21(15-18)20-8-13-27(25(29)17-20)31-23-11-9-22(10-12-23)30-26-7-5-4-6-24(26)28(32)33-3/h4-13,15,17-19,30-31H,14,16H2,1-3H3. The van der Waals surface area contributed by atoms with E-state index in [1.807, 2.05) is 48.5 Å². The topological polar surface area (TPSA) is 50.4 Å². The smallest absolute Gasteiger partial charge is 0.339 e. The van der Waals surface area contributed by atoms with E-state index in [0.717, 1.165) is 23.5 Å². The molecule has 0 bridgehead atoms. The third kappa shape index (κ3) is 5.58. The summed E-state index contributed by atoms with van der Waals surface area (Å²) in [6, 6.07) is 21.4. The van der Waals surface area contributed by atoms with E-state index < -0.39 is 0 Å². The monoisotopic (exact) mass is 460 g/mol. The molecular weight excluding hydrogens is 432 g/mol. The summed E-state index contributed by atoms with van der Waals surface area (Å²) >= 11 is 6.62. The molecule has 33 heavy (non-hydrogen) atoms. The average molecular weight is 461 g/mol. The largest absolute Gasteiger partial charge is 0.465 e. The minimum absolute atomic E-state index is 0.373. The fourth-order valence-electron chi connectivity index (χ4n) is 4.43. The quantitative estimate of drug-likeness (QED) is 0.365. The summed E-state index contributed by atoms with van der Waals surface area (Å²) in [6.07, 6.45) is 4.72. The van der Waals surface area contributed by atoms with Crippen molar-refractivity contribution in [2.45, 2.75) is 26.7 Å². The Morgan fingerprint density at radius 1 is 0.939 bits per heavy atom. The Labute approximate surface area is 200 Å². The number of benzene rings is 3. The van der Waals surface area contributed by atoms with Crippen molar-refractivity contribution in [2.75, 3.05) is 17.7 Å². The highest BCUT2D eigenvalue weighted by molar-refractivity contribution is 6.33. The Hall–Kier alpha value is -3.24. The maximum absolute atomic E-state index is 12.0. The molecule has 5 heteroatoms. The molecule has 0 aliphatic heterocycles. The van der Waals surface area contributed by atoms with Gasteiger partial charge in [0.05, 0.1) is 29.1 Å². The second-order valence-corrected chi connectivity index (χ2v) is 9.18. The predicted octanol–water partition coefficient (Wildman–Crippen LogP) is 8.06. The molecule has 2 unspecified atom stereocenters. The maximum Gasteiger partial charge on any atom is 0.339 e. The van der Waals surface area contributed by atoms with Gasteiger partial charge in [-0.15, -0.1) is 0 Å². The van der Waals surface area contributed by atoms with E-state index in [-0.39, 0.29) is 5.97 Å². The van der Waals surface area contributed by atoms with Gasteiger partial charge in [0.2, 0.25) is 0 Å². The Kier molecular flexibility index (Phi) is 7.05. The van der Waals surface area contributed by atoms with Crippen LogP contribution in [-0.2, 0) is 4.74 Å². The lowest BCUT2D eigenvalue weighted by atomic mass is 9.82. The van der Waals surface area contributed by atoms with Crippen LogP contribution in [0, 0.1) is 11.8 Å². The van der Waals surface area contributed by atoms with E-state index in [0.29, 0.717) is 28.1 Å². The lowest BCUT2D eigenvalue weighted by Crippen LogP contribution is -2.09. The molecule has 1 aliphatic carbocycles. The fraction of sp³-hybridized carbons (Fsp3) is 0.250. The zero-order valence-electron chi connectivity index (χ0n) is 19.2. The second kappa shape index (κ2) is 10.1. The minimum atomic E-state index is -0.373. The van der Waals surface area contributed by atoms with Gasteiger partial charge in [0.25, 0.3) is 0 Å². The Bertz CT molecular complexity index is 1170. The molecule has 2 atom stereocenters. The summed E-state index contributed by atoms with van der Waals surface area (Å²) in [6.45, 7) is 4.59. The summed E-state index contributed by atoms with van der Waals surface area (Å²) in [5.74, 6) is 0.928. The van der Waals surface area contributed by atoms with Crippen LogP contribution >= 0.6 is 11.6 Å². The van der Waals surface area contributed by atoms with E-state index >= 15 is 0 Å². The highest BCUT2D eigenvalue weighted by Gasteiger charge is 2.18.